The summed E-state index contributed by atoms with van der Waals surface area (Å²) in [6.07, 6.45) is 2.86. The van der Waals surface area contributed by atoms with E-state index in [0.29, 0.717) is 0 Å². The molecule has 0 aromatic heterocycles. The number of hydrogen-bond acceptors (Lipinski definition) is 3. The van der Waals surface area contributed by atoms with Crippen LogP contribution in [0.25, 0.3) is 0 Å². The summed E-state index contributed by atoms with van der Waals surface area (Å²) in [5.74, 6) is 0.955. The van der Waals surface area contributed by atoms with E-state index in [4.69, 9.17) is 9.47 Å². The number of likely N-dealkylation sites (N-methyl/N-ethyl adjacent to an activating group) is 1. The zero-order chi connectivity index (χ0) is 8.39. The molecule has 70 valence electrons. The molecule has 0 spiro atoms. The first-order valence-corrected chi connectivity index (χ1v) is 4.76. The van der Waals surface area contributed by atoms with Gasteiger partial charge in [-0.25, -0.2) is 0 Å². The highest BCUT2D eigenvalue weighted by Gasteiger charge is 2.25. The Labute approximate surface area is 73.6 Å². The third-order valence-electron chi connectivity index (χ3n) is 2.42. The van der Waals surface area contributed by atoms with Crippen molar-refractivity contribution in [2.45, 2.75) is 19.1 Å². The lowest BCUT2D eigenvalue weighted by Crippen LogP contribution is -2.31. The molecule has 12 heavy (non-hydrogen) atoms. The molecule has 0 atom stereocenters. The molecule has 2 aliphatic rings. The van der Waals surface area contributed by atoms with Gasteiger partial charge in [0, 0.05) is 13.1 Å². The lowest BCUT2D eigenvalue weighted by Gasteiger charge is -2.19. The maximum absolute atomic E-state index is 5.36. The van der Waals surface area contributed by atoms with Crippen molar-refractivity contribution in [1.29, 1.82) is 0 Å². The molecule has 0 bridgehead atoms. The molecule has 1 aliphatic heterocycles. The number of nitrogens with zero attached hydrogens (tertiary/aromatic N) is 1. The molecule has 1 aliphatic carbocycles. The van der Waals surface area contributed by atoms with Crippen molar-refractivity contribution >= 4 is 0 Å². The van der Waals surface area contributed by atoms with Crippen LogP contribution in [0.15, 0.2) is 0 Å². The summed E-state index contributed by atoms with van der Waals surface area (Å²) in [4.78, 5) is 2.31. The van der Waals surface area contributed by atoms with E-state index in [1.807, 2.05) is 0 Å². The number of ether oxygens (including phenoxy) is 2. The molecule has 1 heterocycles. The molecule has 1 saturated heterocycles. The number of hydrogen-bond donors (Lipinski definition) is 0. The van der Waals surface area contributed by atoms with Gasteiger partial charge in [0.2, 0.25) is 0 Å². The molecule has 0 aromatic rings. The van der Waals surface area contributed by atoms with E-state index in [0.717, 1.165) is 25.7 Å². The zero-order valence-electron chi connectivity index (χ0n) is 7.66. The van der Waals surface area contributed by atoms with Gasteiger partial charge in [0.25, 0.3) is 0 Å². The van der Waals surface area contributed by atoms with Crippen LogP contribution in [0.5, 0.6) is 0 Å². The van der Waals surface area contributed by atoms with Crippen LogP contribution in [0.2, 0.25) is 0 Å². The summed E-state index contributed by atoms with van der Waals surface area (Å²) in [6.45, 7) is 3.67. The first-order valence-electron chi connectivity index (χ1n) is 4.76. The minimum absolute atomic E-state index is 0.0359. The van der Waals surface area contributed by atoms with Crippen molar-refractivity contribution in [3.63, 3.8) is 0 Å². The predicted octanol–water partition coefficient (Wildman–Crippen LogP) is 0.701. The third kappa shape index (κ3) is 2.44. The molecule has 2 fully saturated rings. The second-order valence-corrected chi connectivity index (χ2v) is 3.84. The van der Waals surface area contributed by atoms with Crippen LogP contribution in [0.1, 0.15) is 12.8 Å². The molecule has 0 radical (unpaired) electrons. The molecule has 3 heteroatoms. The van der Waals surface area contributed by atoms with Gasteiger partial charge in [0.1, 0.15) is 0 Å². The van der Waals surface area contributed by atoms with Crippen molar-refractivity contribution < 1.29 is 9.47 Å². The largest absolute Gasteiger partial charge is 0.349 e. The fourth-order valence-corrected chi connectivity index (χ4v) is 1.58. The van der Waals surface area contributed by atoms with Crippen molar-refractivity contribution in [2.24, 2.45) is 5.92 Å². The third-order valence-corrected chi connectivity index (χ3v) is 2.42. The standard InChI is InChI=1S/C9H17NO2/c1-10(6-8-2-3-8)7-9-11-4-5-12-9/h8-9H,2-7H2,1H3. The molecule has 2 rings (SSSR count). The first kappa shape index (κ1) is 8.48. The van der Waals surface area contributed by atoms with Crippen molar-refractivity contribution in [2.75, 3.05) is 33.4 Å². The fourth-order valence-electron chi connectivity index (χ4n) is 1.58. The highest BCUT2D eigenvalue weighted by atomic mass is 16.7. The molecule has 0 amide bonds. The van der Waals surface area contributed by atoms with E-state index in [9.17, 15) is 0 Å². The van der Waals surface area contributed by atoms with Gasteiger partial charge >= 0.3 is 0 Å². The van der Waals surface area contributed by atoms with Crippen LogP contribution in [0, 0.1) is 5.92 Å². The average molecular weight is 171 g/mol. The average Bonchev–Trinajstić information content (AvgIpc) is 2.66. The van der Waals surface area contributed by atoms with E-state index in [1.165, 1.54) is 19.4 Å². The summed E-state index contributed by atoms with van der Waals surface area (Å²) in [7, 11) is 2.14. The van der Waals surface area contributed by atoms with Crippen LogP contribution in [0.3, 0.4) is 0 Å². The predicted molar refractivity (Wildman–Crippen MR) is 45.9 cm³/mol. The second-order valence-electron chi connectivity index (χ2n) is 3.84. The summed E-state index contributed by atoms with van der Waals surface area (Å²) >= 11 is 0. The van der Waals surface area contributed by atoms with Crippen LogP contribution < -0.4 is 0 Å². The van der Waals surface area contributed by atoms with Crippen LogP contribution in [-0.2, 0) is 9.47 Å². The monoisotopic (exact) mass is 171 g/mol. The highest BCUT2D eigenvalue weighted by molar-refractivity contribution is 4.76. The molecular formula is C9H17NO2. The van der Waals surface area contributed by atoms with E-state index in [-0.39, 0.29) is 6.29 Å². The topological polar surface area (TPSA) is 21.7 Å². The molecule has 0 aromatic carbocycles. The Morgan fingerprint density at radius 2 is 1.83 bits per heavy atom. The highest BCUT2D eigenvalue weighted by Crippen LogP contribution is 2.29. The Bertz CT molecular complexity index is 141. The van der Waals surface area contributed by atoms with Crippen LogP contribution in [-0.4, -0.2) is 44.5 Å². The lowest BCUT2D eigenvalue weighted by atomic mass is 10.4. The van der Waals surface area contributed by atoms with Gasteiger partial charge in [0.15, 0.2) is 6.29 Å². The Balaban J connectivity index is 1.62. The normalized spacial score (nSPS) is 25.5. The van der Waals surface area contributed by atoms with E-state index in [2.05, 4.69) is 11.9 Å². The van der Waals surface area contributed by atoms with E-state index in [1.54, 1.807) is 0 Å². The van der Waals surface area contributed by atoms with Gasteiger partial charge in [-0.2, -0.15) is 0 Å². The van der Waals surface area contributed by atoms with E-state index < -0.39 is 0 Å². The van der Waals surface area contributed by atoms with Gasteiger partial charge < -0.3 is 14.4 Å². The maximum atomic E-state index is 5.36. The number of rotatable bonds is 4. The Hall–Kier alpha value is -0.120. The SMILES string of the molecule is CN(CC1CC1)CC1OCCO1. The molecule has 3 nitrogen and oxygen atoms in total. The smallest absolute Gasteiger partial charge is 0.170 e. The Morgan fingerprint density at radius 1 is 1.17 bits per heavy atom. The summed E-state index contributed by atoms with van der Waals surface area (Å²) < 4.78 is 10.7. The van der Waals surface area contributed by atoms with E-state index >= 15 is 0 Å². The zero-order valence-corrected chi connectivity index (χ0v) is 7.66. The second kappa shape index (κ2) is 3.73. The summed E-state index contributed by atoms with van der Waals surface area (Å²) in [6, 6.07) is 0. The van der Waals surface area contributed by atoms with Gasteiger partial charge in [-0.1, -0.05) is 0 Å². The maximum Gasteiger partial charge on any atom is 0.170 e. The van der Waals surface area contributed by atoms with Gasteiger partial charge in [-0.05, 0) is 25.8 Å². The minimum atomic E-state index is 0.0359. The van der Waals surface area contributed by atoms with Crippen LogP contribution in [0.4, 0.5) is 0 Å². The van der Waals surface area contributed by atoms with Gasteiger partial charge in [-0.15, -0.1) is 0 Å². The van der Waals surface area contributed by atoms with Gasteiger partial charge in [-0.3, -0.25) is 0 Å². The van der Waals surface area contributed by atoms with Gasteiger partial charge in [0.05, 0.1) is 13.2 Å². The Morgan fingerprint density at radius 3 is 2.42 bits per heavy atom. The van der Waals surface area contributed by atoms with Crippen LogP contribution >= 0.6 is 0 Å². The molecule has 0 unspecified atom stereocenters. The molecule has 0 N–H and O–H groups in total. The first-order chi connectivity index (χ1) is 5.84. The fraction of sp³-hybridized carbons (Fsp3) is 1.00. The lowest BCUT2D eigenvalue weighted by molar-refractivity contribution is -0.0585. The summed E-state index contributed by atoms with van der Waals surface area (Å²) in [5.41, 5.74) is 0. The Kier molecular flexibility index (Phi) is 2.63. The minimum Gasteiger partial charge on any atom is -0.349 e. The molecule has 1 saturated carbocycles. The quantitative estimate of drug-likeness (QED) is 0.621. The van der Waals surface area contributed by atoms with Crippen molar-refractivity contribution in [3.05, 3.63) is 0 Å². The molecular weight excluding hydrogens is 154 g/mol. The summed E-state index contributed by atoms with van der Waals surface area (Å²) in [5, 5.41) is 0. The van der Waals surface area contributed by atoms with Crippen molar-refractivity contribution in [3.8, 4) is 0 Å². The van der Waals surface area contributed by atoms with Crippen molar-refractivity contribution in [1.82, 2.24) is 4.90 Å².